The van der Waals surface area contributed by atoms with Gasteiger partial charge in [0.05, 0.1) is 0 Å². The van der Waals surface area contributed by atoms with Crippen LogP contribution in [0.15, 0.2) is 25.1 Å². The molecule has 0 spiro atoms. The highest BCUT2D eigenvalue weighted by atomic mass is 15.3. The topological polar surface area (TPSA) is 73.8 Å². The smallest absolute Gasteiger partial charge is 0.170 e. The maximum absolute atomic E-state index is 4.11. The van der Waals surface area contributed by atoms with Crippen LogP contribution in [0.25, 0.3) is 0 Å². The minimum Gasteiger partial charge on any atom is -0.263 e. The van der Waals surface area contributed by atoms with Crippen molar-refractivity contribution in [3.8, 4) is 0 Å². The number of nitrogens with one attached hydrogen (secondary N) is 1. The number of hydrogen-bond acceptors (Lipinski definition) is 6. The Morgan fingerprint density at radius 2 is 2.21 bits per heavy atom. The average Bonchev–Trinajstić information content (AvgIpc) is 2.62. The lowest BCUT2D eigenvalue weighted by molar-refractivity contribution is 0.951. The van der Waals surface area contributed by atoms with Gasteiger partial charge in [0.2, 0.25) is 0 Å². The van der Waals surface area contributed by atoms with Crippen molar-refractivity contribution < 1.29 is 0 Å². The first-order valence-corrected chi connectivity index (χ1v) is 4.24. The number of nitrogens with zero attached hydrogens (tertiary/aromatic N) is 5. The van der Waals surface area contributed by atoms with E-state index in [-0.39, 0.29) is 6.04 Å². The summed E-state index contributed by atoms with van der Waals surface area (Å²) in [6, 6.07) is -0.205. The molecule has 0 saturated heterocycles. The van der Waals surface area contributed by atoms with Crippen LogP contribution in [0, 0.1) is 0 Å². The van der Waals surface area contributed by atoms with Crippen LogP contribution in [0.5, 0.6) is 0 Å². The Morgan fingerprint density at radius 1 is 1.36 bits per heavy atom. The average molecular weight is 190 g/mol. The SMILES string of the molecule is CC(C)=NNC1=NC=NC2=NC=NC21. The van der Waals surface area contributed by atoms with Crippen molar-refractivity contribution in [3.63, 3.8) is 0 Å². The van der Waals surface area contributed by atoms with Gasteiger partial charge >= 0.3 is 0 Å². The summed E-state index contributed by atoms with van der Waals surface area (Å²) in [5, 5.41) is 4.05. The molecule has 1 atom stereocenters. The largest absolute Gasteiger partial charge is 0.263 e. The monoisotopic (exact) mass is 190 g/mol. The highest BCUT2D eigenvalue weighted by molar-refractivity contribution is 6.19. The zero-order valence-corrected chi connectivity index (χ0v) is 7.97. The zero-order chi connectivity index (χ0) is 9.97. The van der Waals surface area contributed by atoms with E-state index in [1.807, 2.05) is 13.8 Å². The van der Waals surface area contributed by atoms with Gasteiger partial charge in [0.1, 0.15) is 12.7 Å². The summed E-state index contributed by atoms with van der Waals surface area (Å²) in [6.45, 7) is 3.80. The first kappa shape index (κ1) is 8.74. The molecule has 0 aliphatic carbocycles. The van der Waals surface area contributed by atoms with E-state index in [1.54, 1.807) is 0 Å². The summed E-state index contributed by atoms with van der Waals surface area (Å²) in [7, 11) is 0. The molecule has 0 aromatic heterocycles. The third-order valence-electron chi connectivity index (χ3n) is 1.69. The van der Waals surface area contributed by atoms with Gasteiger partial charge in [-0.05, 0) is 13.8 Å². The third-order valence-corrected chi connectivity index (χ3v) is 1.69. The number of hydrazone groups is 1. The number of hydrogen-bond donors (Lipinski definition) is 1. The second kappa shape index (κ2) is 3.49. The molecular formula is C8H10N6. The first-order valence-electron chi connectivity index (χ1n) is 4.24. The molecule has 14 heavy (non-hydrogen) atoms. The van der Waals surface area contributed by atoms with E-state index in [0.29, 0.717) is 11.7 Å². The lowest BCUT2D eigenvalue weighted by Gasteiger charge is -2.12. The maximum Gasteiger partial charge on any atom is 0.170 e. The molecule has 0 radical (unpaired) electrons. The first-order chi connectivity index (χ1) is 6.77. The summed E-state index contributed by atoms with van der Waals surface area (Å²) < 4.78 is 0. The van der Waals surface area contributed by atoms with Crippen molar-refractivity contribution in [1.29, 1.82) is 0 Å². The fourth-order valence-electron chi connectivity index (χ4n) is 1.07. The Bertz CT molecular complexity index is 383. The fraction of sp³-hybridized carbons (Fsp3) is 0.375. The van der Waals surface area contributed by atoms with Gasteiger partial charge in [-0.15, -0.1) is 0 Å². The second-order valence-corrected chi connectivity index (χ2v) is 3.08. The standard InChI is InChI=1S/C8H10N6/c1-5(2)13-14-8-6-7(10-3-9-6)11-4-12-8/h3-4,6H,1-2H3,(H,9,10,11,12,14). The van der Waals surface area contributed by atoms with Crippen LogP contribution in [0.4, 0.5) is 0 Å². The number of aliphatic imine (C=N–C) groups is 4. The van der Waals surface area contributed by atoms with E-state index in [1.165, 1.54) is 12.7 Å². The summed E-state index contributed by atoms with van der Waals surface area (Å²) in [5.41, 5.74) is 3.77. The van der Waals surface area contributed by atoms with E-state index >= 15 is 0 Å². The molecule has 6 nitrogen and oxygen atoms in total. The van der Waals surface area contributed by atoms with Crippen molar-refractivity contribution >= 4 is 30.1 Å². The molecule has 0 bridgehead atoms. The van der Waals surface area contributed by atoms with Gasteiger partial charge in [-0.2, -0.15) is 5.10 Å². The molecule has 0 fully saturated rings. The highest BCUT2D eigenvalue weighted by Crippen LogP contribution is 2.07. The summed E-state index contributed by atoms with van der Waals surface area (Å²) >= 11 is 0. The van der Waals surface area contributed by atoms with E-state index in [4.69, 9.17) is 0 Å². The Hall–Kier alpha value is -1.85. The summed E-state index contributed by atoms with van der Waals surface area (Å²) in [4.78, 5) is 16.2. The van der Waals surface area contributed by atoms with Crippen LogP contribution >= 0.6 is 0 Å². The maximum atomic E-state index is 4.11. The molecule has 2 heterocycles. The molecule has 0 saturated carbocycles. The number of amidine groups is 2. The van der Waals surface area contributed by atoms with Crippen molar-refractivity contribution in [2.45, 2.75) is 19.9 Å². The normalized spacial score (nSPS) is 22.6. The van der Waals surface area contributed by atoms with Crippen LogP contribution in [-0.4, -0.2) is 36.1 Å². The molecule has 2 rings (SSSR count). The molecule has 2 aliphatic rings. The van der Waals surface area contributed by atoms with Gasteiger partial charge in [-0.25, -0.2) is 15.0 Å². The van der Waals surface area contributed by atoms with Crippen molar-refractivity contribution in [3.05, 3.63) is 0 Å². The van der Waals surface area contributed by atoms with Gasteiger partial charge in [0, 0.05) is 5.71 Å². The van der Waals surface area contributed by atoms with Crippen molar-refractivity contribution in [2.24, 2.45) is 25.1 Å². The van der Waals surface area contributed by atoms with Gasteiger partial charge in [0.25, 0.3) is 0 Å². The quantitative estimate of drug-likeness (QED) is 0.466. The third kappa shape index (κ3) is 1.59. The lowest BCUT2D eigenvalue weighted by Crippen LogP contribution is -2.36. The Morgan fingerprint density at radius 3 is 3.00 bits per heavy atom. The second-order valence-electron chi connectivity index (χ2n) is 3.08. The number of fused-ring (bicyclic) bond motifs is 1. The minimum absolute atomic E-state index is 0.205. The molecule has 2 aliphatic heterocycles. The number of rotatable bonds is 1. The van der Waals surface area contributed by atoms with Crippen LogP contribution < -0.4 is 5.43 Å². The van der Waals surface area contributed by atoms with Crippen LogP contribution in [0.3, 0.4) is 0 Å². The highest BCUT2D eigenvalue weighted by Gasteiger charge is 2.25. The molecule has 0 amide bonds. The minimum atomic E-state index is -0.205. The molecular weight excluding hydrogens is 180 g/mol. The lowest BCUT2D eigenvalue weighted by atomic mass is 10.2. The van der Waals surface area contributed by atoms with Crippen LogP contribution in [-0.2, 0) is 0 Å². The molecule has 72 valence electrons. The summed E-state index contributed by atoms with van der Waals surface area (Å²) in [6.07, 6.45) is 2.94. The Kier molecular flexibility index (Phi) is 2.18. The van der Waals surface area contributed by atoms with Gasteiger partial charge < -0.3 is 0 Å². The van der Waals surface area contributed by atoms with Crippen LogP contribution in [0.1, 0.15) is 13.8 Å². The van der Waals surface area contributed by atoms with E-state index < -0.39 is 0 Å². The summed E-state index contributed by atoms with van der Waals surface area (Å²) in [5.74, 6) is 1.32. The predicted molar refractivity (Wildman–Crippen MR) is 57.6 cm³/mol. The Labute approximate surface area is 81.3 Å². The van der Waals surface area contributed by atoms with Gasteiger partial charge in [-0.3, -0.25) is 10.4 Å². The molecule has 0 aromatic rings. The molecule has 6 heteroatoms. The van der Waals surface area contributed by atoms with E-state index in [0.717, 1.165) is 5.71 Å². The fourth-order valence-corrected chi connectivity index (χ4v) is 1.07. The Balaban J connectivity index is 2.15. The predicted octanol–water partition coefficient (Wildman–Crippen LogP) is 0.221. The zero-order valence-electron chi connectivity index (χ0n) is 7.97. The molecule has 1 unspecified atom stereocenters. The molecule has 1 N–H and O–H groups in total. The van der Waals surface area contributed by atoms with E-state index in [2.05, 4.69) is 30.5 Å². The molecule has 0 aromatic carbocycles. The van der Waals surface area contributed by atoms with E-state index in [9.17, 15) is 0 Å². The van der Waals surface area contributed by atoms with Crippen molar-refractivity contribution in [2.75, 3.05) is 0 Å². The van der Waals surface area contributed by atoms with Gasteiger partial charge in [-0.1, -0.05) is 0 Å². The van der Waals surface area contributed by atoms with Crippen LogP contribution in [0.2, 0.25) is 0 Å². The van der Waals surface area contributed by atoms with Gasteiger partial charge in [0.15, 0.2) is 17.7 Å². The van der Waals surface area contributed by atoms with Crippen molar-refractivity contribution in [1.82, 2.24) is 5.43 Å².